The smallest absolute Gasteiger partial charge is 0.319 e. The summed E-state index contributed by atoms with van der Waals surface area (Å²) in [4.78, 5) is 37.7. The number of halogens is 2. The maximum atomic E-state index is 12.8. The van der Waals surface area contributed by atoms with Crippen LogP contribution in [0.25, 0.3) is 0 Å². The Balaban J connectivity index is 1.87. The number of carbonyl (C=O) groups excluding carboxylic acids is 3. The first kappa shape index (κ1) is 24.6. The first-order valence-corrected chi connectivity index (χ1v) is 11.5. The Bertz CT molecular complexity index is 1180. The summed E-state index contributed by atoms with van der Waals surface area (Å²) in [5.41, 5.74) is 2.26. The molecule has 10 heteroatoms. The van der Waals surface area contributed by atoms with Crippen molar-refractivity contribution >= 4 is 58.4 Å². The molecular weight excluding hydrogens is 485 g/mol. The Morgan fingerprint density at radius 1 is 1.18 bits per heavy atom. The van der Waals surface area contributed by atoms with Gasteiger partial charge in [0.2, 0.25) is 11.8 Å². The summed E-state index contributed by atoms with van der Waals surface area (Å²) in [6.07, 6.45) is 0. The fourth-order valence-electron chi connectivity index (χ4n) is 3.36. The zero-order valence-electron chi connectivity index (χ0n) is 17.6. The van der Waals surface area contributed by atoms with Crippen LogP contribution in [-0.4, -0.2) is 30.6 Å². The van der Waals surface area contributed by atoms with Gasteiger partial charge in [-0.1, -0.05) is 64.8 Å². The van der Waals surface area contributed by atoms with E-state index in [4.69, 9.17) is 27.9 Å². The number of benzene rings is 2. The molecule has 170 valence electrons. The van der Waals surface area contributed by atoms with Crippen LogP contribution in [-0.2, 0) is 19.1 Å². The van der Waals surface area contributed by atoms with Crippen molar-refractivity contribution in [1.29, 1.82) is 5.26 Å². The van der Waals surface area contributed by atoms with E-state index in [1.807, 2.05) is 19.1 Å². The number of ether oxygens (including phenoxy) is 1. The Kier molecular flexibility index (Phi) is 8.03. The SMILES string of the molecule is COC(=O)[C@H]1C(=O)NC(SCC(=O)Nc2ccc(Cl)c(Cl)c2)=C(C#N)[C@H]1c1ccc(C)cc1. The summed E-state index contributed by atoms with van der Waals surface area (Å²) < 4.78 is 4.82. The molecule has 0 radical (unpaired) electrons. The van der Waals surface area contributed by atoms with E-state index in [-0.39, 0.29) is 22.3 Å². The number of esters is 1. The number of carbonyl (C=O) groups is 3. The fourth-order valence-corrected chi connectivity index (χ4v) is 4.51. The summed E-state index contributed by atoms with van der Waals surface area (Å²) >= 11 is 12.8. The predicted molar refractivity (Wildman–Crippen MR) is 128 cm³/mol. The van der Waals surface area contributed by atoms with E-state index in [9.17, 15) is 19.6 Å². The number of nitrogens with zero attached hydrogens (tertiary/aromatic N) is 1. The van der Waals surface area contributed by atoms with Crippen LogP contribution in [0.15, 0.2) is 53.1 Å². The number of hydrogen-bond donors (Lipinski definition) is 2. The molecule has 2 amide bonds. The van der Waals surface area contributed by atoms with Gasteiger partial charge in [-0.2, -0.15) is 5.26 Å². The van der Waals surface area contributed by atoms with Crippen molar-refractivity contribution in [2.45, 2.75) is 12.8 Å². The Morgan fingerprint density at radius 2 is 1.88 bits per heavy atom. The molecule has 0 unspecified atom stereocenters. The van der Waals surface area contributed by atoms with Crippen molar-refractivity contribution < 1.29 is 19.1 Å². The summed E-state index contributed by atoms with van der Waals surface area (Å²) in [7, 11) is 1.19. The van der Waals surface area contributed by atoms with Crippen LogP contribution in [0.3, 0.4) is 0 Å². The Morgan fingerprint density at radius 3 is 2.48 bits per heavy atom. The maximum absolute atomic E-state index is 12.8. The van der Waals surface area contributed by atoms with E-state index in [2.05, 4.69) is 16.7 Å². The van der Waals surface area contributed by atoms with Gasteiger partial charge in [0.25, 0.3) is 0 Å². The van der Waals surface area contributed by atoms with Crippen molar-refractivity contribution in [1.82, 2.24) is 5.32 Å². The number of amides is 2. The highest BCUT2D eigenvalue weighted by Gasteiger charge is 2.44. The number of hydrogen-bond acceptors (Lipinski definition) is 6. The van der Waals surface area contributed by atoms with E-state index in [1.54, 1.807) is 24.3 Å². The summed E-state index contributed by atoms with van der Waals surface area (Å²) in [6.45, 7) is 1.91. The lowest BCUT2D eigenvalue weighted by Gasteiger charge is -2.31. The monoisotopic (exact) mass is 503 g/mol. The Labute approximate surface area is 205 Å². The molecule has 1 aliphatic heterocycles. The minimum Gasteiger partial charge on any atom is -0.468 e. The van der Waals surface area contributed by atoms with Gasteiger partial charge in [0.15, 0.2) is 0 Å². The van der Waals surface area contributed by atoms with Crippen LogP contribution in [0, 0.1) is 24.2 Å². The molecule has 1 aliphatic rings. The minimum absolute atomic E-state index is 0.0927. The quantitative estimate of drug-likeness (QED) is 0.446. The molecule has 0 spiro atoms. The largest absolute Gasteiger partial charge is 0.468 e. The summed E-state index contributed by atoms with van der Waals surface area (Å²) in [5, 5.41) is 16.1. The molecular formula is C23H19Cl2N3O4S. The van der Waals surface area contributed by atoms with Gasteiger partial charge in [0.1, 0.15) is 5.92 Å². The molecule has 0 aromatic heterocycles. The number of anilines is 1. The van der Waals surface area contributed by atoms with Crippen molar-refractivity contribution in [3.05, 3.63) is 74.2 Å². The average Bonchev–Trinajstić information content (AvgIpc) is 2.79. The fraction of sp³-hybridized carbons (Fsp3) is 0.217. The first-order valence-electron chi connectivity index (χ1n) is 9.72. The zero-order valence-corrected chi connectivity index (χ0v) is 20.0. The van der Waals surface area contributed by atoms with E-state index in [1.165, 1.54) is 13.2 Å². The van der Waals surface area contributed by atoms with Crippen molar-refractivity contribution in [2.24, 2.45) is 5.92 Å². The molecule has 2 atom stereocenters. The van der Waals surface area contributed by atoms with Gasteiger partial charge < -0.3 is 15.4 Å². The third-order valence-corrected chi connectivity index (χ3v) is 6.73. The van der Waals surface area contributed by atoms with Gasteiger partial charge in [0.05, 0.1) is 39.6 Å². The first-order chi connectivity index (χ1) is 15.7. The summed E-state index contributed by atoms with van der Waals surface area (Å²) in [6, 6.07) is 14.0. The van der Waals surface area contributed by atoms with Crippen LogP contribution >= 0.6 is 35.0 Å². The number of methoxy groups -OCH3 is 1. The van der Waals surface area contributed by atoms with Crippen molar-refractivity contribution in [3.8, 4) is 6.07 Å². The third-order valence-electron chi connectivity index (χ3n) is 4.97. The molecule has 7 nitrogen and oxygen atoms in total. The molecule has 0 fully saturated rings. The summed E-state index contributed by atoms with van der Waals surface area (Å²) in [5.74, 6) is -3.87. The molecule has 3 rings (SSSR count). The predicted octanol–water partition coefficient (Wildman–Crippen LogP) is 4.41. The van der Waals surface area contributed by atoms with Crippen LogP contribution in [0.1, 0.15) is 17.0 Å². The van der Waals surface area contributed by atoms with Crippen molar-refractivity contribution in [2.75, 3.05) is 18.2 Å². The highest BCUT2D eigenvalue weighted by atomic mass is 35.5. The van der Waals surface area contributed by atoms with Gasteiger partial charge in [-0.3, -0.25) is 14.4 Å². The molecule has 0 bridgehead atoms. The Hall–Kier alpha value is -2.99. The second-order valence-electron chi connectivity index (χ2n) is 7.20. The van der Waals surface area contributed by atoms with Gasteiger partial charge in [-0.15, -0.1) is 0 Å². The molecule has 0 saturated carbocycles. The molecule has 0 saturated heterocycles. The van der Waals surface area contributed by atoms with Gasteiger partial charge in [-0.05, 0) is 30.7 Å². The number of nitrogens with one attached hydrogen (secondary N) is 2. The number of thioether (sulfide) groups is 1. The zero-order chi connectivity index (χ0) is 24.1. The van der Waals surface area contributed by atoms with Crippen LogP contribution in [0.5, 0.6) is 0 Å². The van der Waals surface area contributed by atoms with Gasteiger partial charge >= 0.3 is 5.97 Å². The van der Waals surface area contributed by atoms with E-state index in [0.717, 1.165) is 17.3 Å². The lowest BCUT2D eigenvalue weighted by Crippen LogP contribution is -2.44. The second kappa shape index (κ2) is 10.8. The number of rotatable bonds is 6. The minimum atomic E-state index is -1.22. The molecule has 33 heavy (non-hydrogen) atoms. The molecule has 2 N–H and O–H groups in total. The normalized spacial score (nSPS) is 17.7. The maximum Gasteiger partial charge on any atom is 0.319 e. The van der Waals surface area contributed by atoms with E-state index < -0.39 is 23.7 Å². The average molecular weight is 504 g/mol. The molecule has 2 aromatic carbocycles. The highest BCUT2D eigenvalue weighted by molar-refractivity contribution is 8.03. The number of allylic oxidation sites excluding steroid dienone is 1. The topological polar surface area (TPSA) is 108 Å². The molecule has 1 heterocycles. The highest BCUT2D eigenvalue weighted by Crippen LogP contribution is 2.40. The van der Waals surface area contributed by atoms with E-state index in [0.29, 0.717) is 21.3 Å². The third kappa shape index (κ3) is 5.69. The van der Waals surface area contributed by atoms with E-state index >= 15 is 0 Å². The number of aryl methyl sites for hydroxylation is 1. The van der Waals surface area contributed by atoms with Crippen molar-refractivity contribution in [3.63, 3.8) is 0 Å². The second-order valence-corrected chi connectivity index (χ2v) is 9.00. The standard InChI is InChI=1S/C23H19Cl2N3O4S/c1-12-3-5-13(6-4-12)19-15(10-26)22(28-21(30)20(19)23(31)32-2)33-11-18(29)27-14-7-8-16(24)17(25)9-14/h3-9,19-20H,11H2,1-2H3,(H,27,29)(H,28,30)/t19-,20-/m1/s1. The van der Waals surface area contributed by atoms with Gasteiger partial charge in [0, 0.05) is 11.6 Å². The lowest BCUT2D eigenvalue weighted by atomic mass is 9.78. The van der Waals surface area contributed by atoms with Crippen LogP contribution in [0.4, 0.5) is 5.69 Å². The van der Waals surface area contributed by atoms with Crippen LogP contribution < -0.4 is 10.6 Å². The van der Waals surface area contributed by atoms with Crippen LogP contribution in [0.2, 0.25) is 10.0 Å². The number of nitriles is 1. The molecule has 0 aliphatic carbocycles. The lowest BCUT2D eigenvalue weighted by molar-refractivity contribution is -0.150. The molecule has 2 aromatic rings. The van der Waals surface area contributed by atoms with Gasteiger partial charge in [-0.25, -0.2) is 0 Å².